The second-order valence-electron chi connectivity index (χ2n) is 6.34. The monoisotopic (exact) mass is 241 g/mol. The van der Waals surface area contributed by atoms with Crippen LogP contribution in [0.15, 0.2) is 0 Å². The molecule has 0 saturated heterocycles. The summed E-state index contributed by atoms with van der Waals surface area (Å²) in [7, 11) is 4.06. The van der Waals surface area contributed by atoms with Crippen LogP contribution in [0.25, 0.3) is 0 Å². The molecule has 4 heteroatoms. The summed E-state index contributed by atoms with van der Waals surface area (Å²) in [5.74, 6) is -0.188. The predicted octanol–water partition coefficient (Wildman–Crippen LogP) is 0.962. The lowest BCUT2D eigenvalue weighted by atomic mass is 9.69. The van der Waals surface area contributed by atoms with Gasteiger partial charge in [0.05, 0.1) is 5.54 Å². The van der Waals surface area contributed by atoms with Gasteiger partial charge in [-0.25, -0.2) is 0 Å². The average Bonchev–Trinajstić information content (AvgIpc) is 2.20. The molecule has 0 unspecified atom stereocenters. The molecule has 0 spiro atoms. The van der Waals surface area contributed by atoms with Crippen LogP contribution in [0.4, 0.5) is 0 Å². The molecule has 1 aliphatic carbocycles. The Balaban J connectivity index is 2.56. The number of nitrogens with zero attached hydrogens (tertiary/aromatic N) is 1. The lowest BCUT2D eigenvalue weighted by molar-refractivity contribution is -0.126. The standard InChI is InChI=1S/C13H27N3O/c1-12(2)5-7-13(8-6-12,11(14)17)15-9-10-16(3)4/h15H,5-10H2,1-4H3,(H2,14,17). The number of likely N-dealkylation sites (N-methyl/N-ethyl adjacent to an activating group) is 1. The molecule has 1 aliphatic rings. The minimum Gasteiger partial charge on any atom is -0.368 e. The summed E-state index contributed by atoms with van der Waals surface area (Å²) in [4.78, 5) is 13.8. The van der Waals surface area contributed by atoms with E-state index >= 15 is 0 Å². The maximum absolute atomic E-state index is 11.7. The first kappa shape index (κ1) is 14.5. The molecule has 1 saturated carbocycles. The maximum atomic E-state index is 11.7. The molecule has 1 fully saturated rings. The highest BCUT2D eigenvalue weighted by Gasteiger charge is 2.42. The van der Waals surface area contributed by atoms with Crippen molar-refractivity contribution in [1.82, 2.24) is 10.2 Å². The van der Waals surface area contributed by atoms with Crippen LogP contribution in [0.3, 0.4) is 0 Å². The Kier molecular flexibility index (Phi) is 4.55. The second kappa shape index (κ2) is 5.36. The van der Waals surface area contributed by atoms with E-state index < -0.39 is 5.54 Å². The molecule has 4 nitrogen and oxygen atoms in total. The van der Waals surface area contributed by atoms with Crippen LogP contribution in [0.2, 0.25) is 0 Å². The van der Waals surface area contributed by atoms with Crippen molar-refractivity contribution in [3.63, 3.8) is 0 Å². The van der Waals surface area contributed by atoms with Gasteiger partial charge in [0, 0.05) is 13.1 Å². The summed E-state index contributed by atoms with van der Waals surface area (Å²) in [5.41, 5.74) is 5.48. The molecule has 0 radical (unpaired) electrons. The highest BCUT2D eigenvalue weighted by molar-refractivity contribution is 5.84. The number of amides is 1. The minimum absolute atomic E-state index is 0.188. The van der Waals surface area contributed by atoms with Gasteiger partial charge < -0.3 is 16.0 Å². The topological polar surface area (TPSA) is 58.4 Å². The number of rotatable bonds is 5. The fourth-order valence-electron chi connectivity index (χ4n) is 2.38. The van der Waals surface area contributed by atoms with Crippen molar-refractivity contribution in [1.29, 1.82) is 0 Å². The fraction of sp³-hybridized carbons (Fsp3) is 0.923. The number of carbonyl (C=O) groups is 1. The fourth-order valence-corrected chi connectivity index (χ4v) is 2.38. The minimum atomic E-state index is -0.467. The largest absolute Gasteiger partial charge is 0.368 e. The summed E-state index contributed by atoms with van der Waals surface area (Å²) < 4.78 is 0. The van der Waals surface area contributed by atoms with E-state index in [0.29, 0.717) is 5.41 Å². The van der Waals surface area contributed by atoms with E-state index in [1.54, 1.807) is 0 Å². The number of carbonyl (C=O) groups excluding carboxylic acids is 1. The third-order valence-corrected chi connectivity index (χ3v) is 3.95. The van der Waals surface area contributed by atoms with Crippen molar-refractivity contribution >= 4 is 5.91 Å². The van der Waals surface area contributed by atoms with Crippen LogP contribution in [0, 0.1) is 5.41 Å². The van der Waals surface area contributed by atoms with Crippen molar-refractivity contribution in [2.75, 3.05) is 27.2 Å². The number of hydrogen-bond donors (Lipinski definition) is 2. The molecule has 0 aromatic rings. The number of nitrogens with one attached hydrogen (secondary N) is 1. The normalized spacial score (nSPS) is 22.6. The molecule has 0 heterocycles. The van der Waals surface area contributed by atoms with Gasteiger partial charge in [-0.1, -0.05) is 13.8 Å². The Labute approximate surface area is 105 Å². The molecule has 17 heavy (non-hydrogen) atoms. The molecule has 1 amide bonds. The average molecular weight is 241 g/mol. The lowest BCUT2D eigenvalue weighted by Gasteiger charge is -2.42. The lowest BCUT2D eigenvalue weighted by Crippen LogP contribution is -2.59. The van der Waals surface area contributed by atoms with Gasteiger partial charge in [0.1, 0.15) is 0 Å². The van der Waals surface area contributed by atoms with Gasteiger partial charge in [-0.05, 0) is 45.2 Å². The molecule has 1 rings (SSSR count). The Morgan fingerprint density at radius 1 is 1.24 bits per heavy atom. The summed E-state index contributed by atoms with van der Waals surface area (Å²) >= 11 is 0. The van der Waals surface area contributed by atoms with Crippen LogP contribution in [0.1, 0.15) is 39.5 Å². The van der Waals surface area contributed by atoms with Crippen LogP contribution in [-0.4, -0.2) is 43.5 Å². The quantitative estimate of drug-likeness (QED) is 0.754. The van der Waals surface area contributed by atoms with Gasteiger partial charge in [-0.2, -0.15) is 0 Å². The van der Waals surface area contributed by atoms with Gasteiger partial charge in [-0.3, -0.25) is 4.79 Å². The van der Waals surface area contributed by atoms with E-state index in [1.807, 2.05) is 14.1 Å². The number of hydrogen-bond acceptors (Lipinski definition) is 3. The van der Waals surface area contributed by atoms with E-state index in [2.05, 4.69) is 24.1 Å². The van der Waals surface area contributed by atoms with Crippen LogP contribution < -0.4 is 11.1 Å². The van der Waals surface area contributed by atoms with Crippen molar-refractivity contribution < 1.29 is 4.79 Å². The van der Waals surface area contributed by atoms with Gasteiger partial charge >= 0.3 is 0 Å². The zero-order valence-electron chi connectivity index (χ0n) is 11.7. The zero-order valence-corrected chi connectivity index (χ0v) is 11.7. The van der Waals surface area contributed by atoms with Crippen LogP contribution in [-0.2, 0) is 4.79 Å². The Bertz CT molecular complexity index is 264. The first-order valence-electron chi connectivity index (χ1n) is 6.47. The molecule has 0 aromatic heterocycles. The van der Waals surface area contributed by atoms with Crippen molar-refractivity contribution in [3.8, 4) is 0 Å². The smallest absolute Gasteiger partial charge is 0.237 e. The van der Waals surface area contributed by atoms with Crippen molar-refractivity contribution in [2.24, 2.45) is 11.1 Å². The van der Waals surface area contributed by atoms with E-state index in [1.165, 1.54) is 0 Å². The van der Waals surface area contributed by atoms with Crippen LogP contribution in [0.5, 0.6) is 0 Å². The molecule has 3 N–H and O–H groups in total. The van der Waals surface area contributed by atoms with E-state index in [-0.39, 0.29) is 5.91 Å². The summed E-state index contributed by atoms with van der Waals surface area (Å²) in [5, 5.41) is 3.39. The van der Waals surface area contributed by atoms with Gasteiger partial charge in [0.2, 0.25) is 5.91 Å². The van der Waals surface area contributed by atoms with E-state index in [9.17, 15) is 4.79 Å². The molecule has 0 bridgehead atoms. The molecule has 0 aromatic carbocycles. The van der Waals surface area contributed by atoms with E-state index in [0.717, 1.165) is 38.8 Å². The van der Waals surface area contributed by atoms with Crippen molar-refractivity contribution in [3.05, 3.63) is 0 Å². The van der Waals surface area contributed by atoms with Gasteiger partial charge in [-0.15, -0.1) is 0 Å². The number of primary amides is 1. The first-order valence-corrected chi connectivity index (χ1v) is 6.47. The Morgan fingerprint density at radius 2 is 1.76 bits per heavy atom. The SMILES string of the molecule is CN(C)CCNC1(C(N)=O)CCC(C)(C)CC1. The van der Waals surface area contributed by atoms with E-state index in [4.69, 9.17) is 5.73 Å². The predicted molar refractivity (Wildman–Crippen MR) is 70.7 cm³/mol. The third-order valence-electron chi connectivity index (χ3n) is 3.95. The molecule has 0 atom stereocenters. The molecule has 0 aliphatic heterocycles. The first-order chi connectivity index (χ1) is 7.77. The van der Waals surface area contributed by atoms with Gasteiger partial charge in [0.25, 0.3) is 0 Å². The maximum Gasteiger partial charge on any atom is 0.237 e. The Morgan fingerprint density at radius 3 is 2.18 bits per heavy atom. The third kappa shape index (κ3) is 3.96. The Hall–Kier alpha value is -0.610. The summed E-state index contributed by atoms with van der Waals surface area (Å²) in [6, 6.07) is 0. The highest BCUT2D eigenvalue weighted by atomic mass is 16.1. The second-order valence-corrected chi connectivity index (χ2v) is 6.34. The molecule has 100 valence electrons. The van der Waals surface area contributed by atoms with Crippen LogP contribution >= 0.6 is 0 Å². The number of nitrogens with two attached hydrogens (primary N) is 1. The summed E-state index contributed by atoms with van der Waals surface area (Å²) in [6.45, 7) is 6.27. The van der Waals surface area contributed by atoms with Gasteiger partial charge in [0.15, 0.2) is 0 Å². The molecular weight excluding hydrogens is 214 g/mol. The van der Waals surface area contributed by atoms with Crippen molar-refractivity contribution in [2.45, 2.75) is 45.1 Å². The highest BCUT2D eigenvalue weighted by Crippen LogP contribution is 2.39. The summed E-state index contributed by atoms with van der Waals surface area (Å²) in [6.07, 6.45) is 3.85. The zero-order chi connectivity index (χ0) is 13.1. The molecular formula is C13H27N3O.